The van der Waals surface area contributed by atoms with Crippen LogP contribution in [0.25, 0.3) is 5.69 Å². The van der Waals surface area contributed by atoms with Gasteiger partial charge in [0.05, 0.1) is 5.27 Å². The van der Waals surface area contributed by atoms with Crippen LogP contribution in [0.5, 0.6) is 5.95 Å². The Balaban J connectivity index is 2.55. The quantitative estimate of drug-likeness (QED) is 0.620. The summed E-state index contributed by atoms with van der Waals surface area (Å²) in [7, 11) is 0. The monoisotopic (exact) mass is 190 g/mol. The Morgan fingerprint density at radius 1 is 1.36 bits per heavy atom. The molecule has 1 heterocycles. The second-order valence-electron chi connectivity index (χ2n) is 3.20. The van der Waals surface area contributed by atoms with Gasteiger partial charge in [-0.25, -0.2) is 0 Å². The van der Waals surface area contributed by atoms with Gasteiger partial charge in [-0.15, -0.1) is 0 Å². The van der Waals surface area contributed by atoms with Gasteiger partial charge in [-0.05, 0) is 17.2 Å². The number of hydrogen-bond acceptors (Lipinski definition) is 3. The smallest absolute Gasteiger partial charge is 0.239 e. The number of hydrogen-bond donors (Lipinski definition) is 0. The van der Waals surface area contributed by atoms with E-state index in [1.54, 1.807) is 6.92 Å². The first kappa shape index (κ1) is 8.74. The van der Waals surface area contributed by atoms with Gasteiger partial charge in [-0.3, -0.25) is 0 Å². The summed E-state index contributed by atoms with van der Waals surface area (Å²) in [5, 5.41) is 14.7. The molecule has 2 rings (SSSR count). The van der Waals surface area contributed by atoms with E-state index in [0.29, 0.717) is 5.69 Å². The van der Waals surface area contributed by atoms with Gasteiger partial charge in [0.25, 0.3) is 0 Å². The first-order valence-electron chi connectivity index (χ1n) is 4.31. The summed E-state index contributed by atoms with van der Waals surface area (Å²) in [5.41, 5.74) is 2.44. The molecule has 1 aromatic carbocycles. The van der Waals surface area contributed by atoms with Gasteiger partial charge in [-0.2, -0.15) is 0 Å². The Morgan fingerprint density at radius 3 is 2.71 bits per heavy atom. The molecule has 0 aliphatic heterocycles. The van der Waals surface area contributed by atoms with Crippen LogP contribution in [0.2, 0.25) is 0 Å². The average Bonchev–Trinajstić information content (AvgIpc) is 2.48. The van der Waals surface area contributed by atoms with Crippen LogP contribution in [0.4, 0.5) is 0 Å². The fourth-order valence-electron chi connectivity index (χ4n) is 1.29. The minimum Gasteiger partial charge on any atom is -0.539 e. The summed E-state index contributed by atoms with van der Waals surface area (Å²) in [6, 6.07) is 7.71. The maximum absolute atomic E-state index is 11.0. The first-order chi connectivity index (χ1) is 6.68. The Kier molecular flexibility index (Phi) is 1.96. The molecule has 0 amide bonds. The molecule has 72 valence electrons. The predicted octanol–water partition coefficient (Wildman–Crippen LogP) is 0.642. The van der Waals surface area contributed by atoms with Crippen LogP contribution >= 0.6 is 0 Å². The molecule has 0 N–H and O–H groups in total. The highest BCUT2D eigenvalue weighted by Crippen LogP contribution is 2.09. The Hall–Kier alpha value is -1.84. The molecule has 0 bridgehead atoms. The van der Waals surface area contributed by atoms with Crippen molar-refractivity contribution in [1.29, 1.82) is 0 Å². The van der Waals surface area contributed by atoms with Crippen molar-refractivity contribution in [2.75, 3.05) is 0 Å². The number of nitrogens with zero attached hydrogens (tertiary/aromatic N) is 2. The lowest BCUT2D eigenvalue weighted by molar-refractivity contribution is -0.676. The predicted molar refractivity (Wildman–Crippen MR) is 47.0 cm³/mol. The molecule has 0 saturated carbocycles. The van der Waals surface area contributed by atoms with Gasteiger partial charge >= 0.3 is 0 Å². The maximum Gasteiger partial charge on any atom is 0.239 e. The minimum atomic E-state index is -0.397. The minimum absolute atomic E-state index is 0.397. The SMILES string of the molecule is Cc1cccc(-[n+]2noc([O-])c2C)c1. The molecule has 0 fully saturated rings. The number of rotatable bonds is 1. The van der Waals surface area contributed by atoms with Gasteiger partial charge in [-0.1, -0.05) is 12.1 Å². The fraction of sp³-hybridized carbons (Fsp3) is 0.200. The molecule has 0 aliphatic rings. The van der Waals surface area contributed by atoms with Crippen molar-refractivity contribution in [1.82, 2.24) is 5.27 Å². The molecule has 4 heteroatoms. The van der Waals surface area contributed by atoms with Crippen molar-refractivity contribution in [3.05, 3.63) is 35.5 Å². The molecule has 1 aromatic heterocycles. The second-order valence-corrected chi connectivity index (χ2v) is 3.20. The van der Waals surface area contributed by atoms with Gasteiger partial charge in [0.1, 0.15) is 0 Å². The van der Waals surface area contributed by atoms with E-state index < -0.39 is 5.95 Å². The van der Waals surface area contributed by atoms with Crippen molar-refractivity contribution >= 4 is 0 Å². The lowest BCUT2D eigenvalue weighted by atomic mass is 10.2. The van der Waals surface area contributed by atoms with Crippen molar-refractivity contribution in [2.24, 2.45) is 0 Å². The van der Waals surface area contributed by atoms with E-state index >= 15 is 0 Å². The van der Waals surface area contributed by atoms with Gasteiger partial charge < -0.3 is 9.63 Å². The lowest BCUT2D eigenvalue weighted by Gasteiger charge is -1.93. The first-order valence-corrected chi connectivity index (χ1v) is 4.31. The van der Waals surface area contributed by atoms with E-state index in [-0.39, 0.29) is 0 Å². The average molecular weight is 190 g/mol. The summed E-state index contributed by atoms with van der Waals surface area (Å²) in [5.74, 6) is -0.397. The molecule has 0 spiro atoms. The van der Waals surface area contributed by atoms with E-state index in [4.69, 9.17) is 0 Å². The van der Waals surface area contributed by atoms with Crippen molar-refractivity contribution in [3.8, 4) is 11.6 Å². The number of benzene rings is 1. The summed E-state index contributed by atoms with van der Waals surface area (Å²) in [4.78, 5) is 0. The maximum atomic E-state index is 11.0. The molecule has 0 radical (unpaired) electrons. The number of aromatic nitrogens is 2. The van der Waals surface area contributed by atoms with Crippen molar-refractivity contribution in [2.45, 2.75) is 13.8 Å². The molecule has 14 heavy (non-hydrogen) atoms. The Labute approximate surface area is 81.4 Å². The van der Waals surface area contributed by atoms with Crippen LogP contribution in [0.15, 0.2) is 28.8 Å². The van der Waals surface area contributed by atoms with E-state index in [2.05, 4.69) is 9.79 Å². The highest BCUT2D eigenvalue weighted by molar-refractivity contribution is 5.27. The zero-order valence-electron chi connectivity index (χ0n) is 8.02. The zero-order valence-corrected chi connectivity index (χ0v) is 8.02. The molecule has 0 atom stereocenters. The Morgan fingerprint density at radius 2 is 2.14 bits per heavy atom. The van der Waals surface area contributed by atoms with E-state index in [9.17, 15) is 5.11 Å². The van der Waals surface area contributed by atoms with Gasteiger partial charge in [0.15, 0.2) is 5.95 Å². The third-order valence-corrected chi connectivity index (χ3v) is 2.06. The second kappa shape index (κ2) is 3.14. The summed E-state index contributed by atoms with van der Waals surface area (Å²) in [6.45, 7) is 3.67. The van der Waals surface area contributed by atoms with Crippen molar-refractivity contribution in [3.63, 3.8) is 0 Å². The molecular formula is C10H10N2O2. The van der Waals surface area contributed by atoms with Crippen LogP contribution in [0.1, 0.15) is 11.3 Å². The topological polar surface area (TPSA) is 53.0 Å². The van der Waals surface area contributed by atoms with Crippen LogP contribution in [0.3, 0.4) is 0 Å². The molecular weight excluding hydrogens is 180 g/mol. The van der Waals surface area contributed by atoms with Crippen LogP contribution in [-0.2, 0) is 0 Å². The third-order valence-electron chi connectivity index (χ3n) is 2.06. The highest BCUT2D eigenvalue weighted by atomic mass is 16.6. The fourth-order valence-corrected chi connectivity index (χ4v) is 1.29. The molecule has 2 aromatic rings. The lowest BCUT2D eigenvalue weighted by Crippen LogP contribution is -2.35. The van der Waals surface area contributed by atoms with E-state index in [1.807, 2.05) is 31.2 Å². The zero-order chi connectivity index (χ0) is 10.1. The van der Waals surface area contributed by atoms with E-state index in [1.165, 1.54) is 4.68 Å². The summed E-state index contributed by atoms with van der Waals surface area (Å²) < 4.78 is 6.04. The molecule has 0 unspecified atom stereocenters. The molecule has 0 saturated heterocycles. The van der Waals surface area contributed by atoms with Crippen LogP contribution < -0.4 is 9.79 Å². The summed E-state index contributed by atoms with van der Waals surface area (Å²) in [6.07, 6.45) is 0. The number of aryl methyl sites for hydroxylation is 1. The molecule has 0 aliphatic carbocycles. The summed E-state index contributed by atoms with van der Waals surface area (Å²) >= 11 is 0. The molecule has 4 nitrogen and oxygen atoms in total. The van der Waals surface area contributed by atoms with Crippen molar-refractivity contribution < 1.29 is 14.3 Å². The van der Waals surface area contributed by atoms with E-state index in [0.717, 1.165) is 11.3 Å². The van der Waals surface area contributed by atoms with Gasteiger partial charge in [0, 0.05) is 19.1 Å². The standard InChI is InChI=1S/C10H10N2O2/c1-7-4-3-5-9(6-7)12-8(2)10(13)14-11-12/h3-6H,1-2H3. The third kappa shape index (κ3) is 1.35. The highest BCUT2D eigenvalue weighted by Gasteiger charge is 2.15. The van der Waals surface area contributed by atoms with Gasteiger partial charge in [0.2, 0.25) is 11.4 Å². The Bertz CT molecular complexity index is 463. The normalized spacial score (nSPS) is 10.4. The largest absolute Gasteiger partial charge is 0.539 e. The van der Waals surface area contributed by atoms with Crippen LogP contribution in [-0.4, -0.2) is 5.27 Å². The van der Waals surface area contributed by atoms with Crippen LogP contribution in [0, 0.1) is 13.8 Å².